The molecule has 3 heteroatoms. The summed E-state index contributed by atoms with van der Waals surface area (Å²) in [6.07, 6.45) is 7.66. The summed E-state index contributed by atoms with van der Waals surface area (Å²) in [5.41, 5.74) is 8.46. The topological polar surface area (TPSA) is 56.2 Å². The standard InChI is InChI=1S/C20H27NO2/c1-3-4-5-6-7-10-18-16(9-8-11-19(18)20(21)22)14-17-13-12-15(2)23-17/h8-9,11-13H,3-7,10,14H2,1-2H3,(H2,21,22). The lowest BCUT2D eigenvalue weighted by Gasteiger charge is -2.12. The molecule has 2 rings (SSSR count). The van der Waals surface area contributed by atoms with Crippen molar-refractivity contribution in [2.45, 2.75) is 58.8 Å². The summed E-state index contributed by atoms with van der Waals surface area (Å²) in [6, 6.07) is 9.78. The van der Waals surface area contributed by atoms with Crippen molar-refractivity contribution in [3.05, 3.63) is 58.5 Å². The maximum atomic E-state index is 11.8. The Kier molecular flexibility index (Phi) is 6.45. The molecule has 1 aromatic carbocycles. The minimum Gasteiger partial charge on any atom is -0.466 e. The zero-order chi connectivity index (χ0) is 16.7. The maximum Gasteiger partial charge on any atom is 0.248 e. The second-order valence-corrected chi connectivity index (χ2v) is 6.16. The van der Waals surface area contributed by atoms with E-state index in [0.717, 1.165) is 35.5 Å². The summed E-state index contributed by atoms with van der Waals surface area (Å²) in [5.74, 6) is 1.49. The number of furan rings is 1. The number of aryl methyl sites for hydroxylation is 1. The molecule has 2 aromatic rings. The molecule has 1 amide bonds. The Hall–Kier alpha value is -2.03. The van der Waals surface area contributed by atoms with Crippen LogP contribution in [0.5, 0.6) is 0 Å². The Labute approximate surface area is 138 Å². The number of hydrogen-bond acceptors (Lipinski definition) is 2. The molecule has 0 aliphatic rings. The number of carbonyl (C=O) groups excluding carboxylic acids is 1. The highest BCUT2D eigenvalue weighted by Crippen LogP contribution is 2.22. The third kappa shape index (κ3) is 4.98. The highest BCUT2D eigenvalue weighted by atomic mass is 16.3. The summed E-state index contributed by atoms with van der Waals surface area (Å²) in [6.45, 7) is 4.16. The summed E-state index contributed by atoms with van der Waals surface area (Å²) >= 11 is 0. The van der Waals surface area contributed by atoms with Gasteiger partial charge in [0.05, 0.1) is 0 Å². The van der Waals surface area contributed by atoms with E-state index >= 15 is 0 Å². The fourth-order valence-electron chi connectivity index (χ4n) is 3.00. The Morgan fingerprint density at radius 1 is 1.09 bits per heavy atom. The first-order chi connectivity index (χ1) is 11.1. The van der Waals surface area contributed by atoms with E-state index in [1.165, 1.54) is 25.7 Å². The molecular weight excluding hydrogens is 286 g/mol. The van der Waals surface area contributed by atoms with Crippen molar-refractivity contribution >= 4 is 5.91 Å². The molecule has 1 aromatic heterocycles. The second-order valence-electron chi connectivity index (χ2n) is 6.16. The SMILES string of the molecule is CCCCCCCc1c(Cc2ccc(C)o2)cccc1C(N)=O. The zero-order valence-electron chi connectivity index (χ0n) is 14.2. The first-order valence-electron chi connectivity index (χ1n) is 8.57. The monoisotopic (exact) mass is 313 g/mol. The van der Waals surface area contributed by atoms with Crippen LogP contribution in [-0.2, 0) is 12.8 Å². The van der Waals surface area contributed by atoms with Gasteiger partial charge < -0.3 is 10.2 Å². The molecule has 124 valence electrons. The summed E-state index contributed by atoms with van der Waals surface area (Å²) in [5, 5.41) is 0. The molecule has 0 radical (unpaired) electrons. The van der Waals surface area contributed by atoms with Crippen LogP contribution in [0.15, 0.2) is 34.7 Å². The Balaban J connectivity index is 2.15. The van der Waals surface area contributed by atoms with Gasteiger partial charge in [-0.05, 0) is 49.1 Å². The molecule has 0 aliphatic carbocycles. The van der Waals surface area contributed by atoms with E-state index in [0.29, 0.717) is 12.0 Å². The van der Waals surface area contributed by atoms with Gasteiger partial charge in [0.15, 0.2) is 0 Å². The van der Waals surface area contributed by atoms with Crippen LogP contribution in [0.1, 0.15) is 72.0 Å². The summed E-state index contributed by atoms with van der Waals surface area (Å²) < 4.78 is 5.68. The predicted molar refractivity (Wildman–Crippen MR) is 93.7 cm³/mol. The molecular formula is C20H27NO2. The van der Waals surface area contributed by atoms with Crippen LogP contribution < -0.4 is 5.73 Å². The van der Waals surface area contributed by atoms with Crippen molar-refractivity contribution in [3.63, 3.8) is 0 Å². The average molecular weight is 313 g/mol. The predicted octanol–water partition coefficient (Wildman–Crippen LogP) is 4.79. The van der Waals surface area contributed by atoms with Crippen molar-refractivity contribution in [1.29, 1.82) is 0 Å². The summed E-state index contributed by atoms with van der Waals surface area (Å²) in [7, 11) is 0. The van der Waals surface area contributed by atoms with Crippen LogP contribution in [-0.4, -0.2) is 5.91 Å². The van der Waals surface area contributed by atoms with Crippen molar-refractivity contribution in [2.24, 2.45) is 5.73 Å². The van der Waals surface area contributed by atoms with Crippen LogP contribution in [0.25, 0.3) is 0 Å². The quantitative estimate of drug-likeness (QED) is 0.677. The Bertz CT molecular complexity index is 643. The molecule has 0 spiro atoms. The van der Waals surface area contributed by atoms with Gasteiger partial charge in [-0.3, -0.25) is 4.79 Å². The molecule has 2 N–H and O–H groups in total. The van der Waals surface area contributed by atoms with Crippen molar-refractivity contribution in [2.75, 3.05) is 0 Å². The van der Waals surface area contributed by atoms with E-state index in [9.17, 15) is 4.79 Å². The van der Waals surface area contributed by atoms with Gasteiger partial charge >= 0.3 is 0 Å². The van der Waals surface area contributed by atoms with E-state index < -0.39 is 0 Å². The number of primary amides is 1. The number of hydrogen-bond donors (Lipinski definition) is 1. The first-order valence-corrected chi connectivity index (χ1v) is 8.57. The van der Waals surface area contributed by atoms with Crippen LogP contribution in [0.3, 0.4) is 0 Å². The van der Waals surface area contributed by atoms with Gasteiger partial charge in [-0.2, -0.15) is 0 Å². The van der Waals surface area contributed by atoms with Crippen LogP contribution >= 0.6 is 0 Å². The van der Waals surface area contributed by atoms with Gasteiger partial charge in [-0.25, -0.2) is 0 Å². The van der Waals surface area contributed by atoms with Crippen LogP contribution in [0.2, 0.25) is 0 Å². The van der Waals surface area contributed by atoms with Crippen LogP contribution in [0, 0.1) is 6.92 Å². The number of rotatable bonds is 9. The van der Waals surface area contributed by atoms with Crippen molar-refractivity contribution in [1.82, 2.24) is 0 Å². The van der Waals surface area contributed by atoms with E-state index in [1.54, 1.807) is 0 Å². The average Bonchev–Trinajstić information content (AvgIpc) is 2.93. The highest BCUT2D eigenvalue weighted by molar-refractivity contribution is 5.94. The highest BCUT2D eigenvalue weighted by Gasteiger charge is 2.13. The lowest BCUT2D eigenvalue weighted by Crippen LogP contribution is -2.15. The molecule has 0 aliphatic heterocycles. The van der Waals surface area contributed by atoms with E-state index in [1.807, 2.05) is 31.2 Å². The minimum atomic E-state index is -0.342. The maximum absolute atomic E-state index is 11.8. The molecule has 1 heterocycles. The smallest absolute Gasteiger partial charge is 0.248 e. The van der Waals surface area contributed by atoms with Gasteiger partial charge in [0.1, 0.15) is 11.5 Å². The van der Waals surface area contributed by atoms with Crippen molar-refractivity contribution in [3.8, 4) is 0 Å². The number of benzene rings is 1. The normalized spacial score (nSPS) is 10.9. The minimum absolute atomic E-state index is 0.342. The lowest BCUT2D eigenvalue weighted by atomic mass is 9.93. The second kappa shape index (κ2) is 8.56. The van der Waals surface area contributed by atoms with E-state index in [2.05, 4.69) is 13.0 Å². The van der Waals surface area contributed by atoms with E-state index in [4.69, 9.17) is 10.2 Å². The molecule has 3 nitrogen and oxygen atoms in total. The van der Waals surface area contributed by atoms with Gasteiger partial charge in [-0.1, -0.05) is 44.7 Å². The Morgan fingerprint density at radius 2 is 1.87 bits per heavy atom. The molecule has 0 fully saturated rings. The summed E-state index contributed by atoms with van der Waals surface area (Å²) in [4.78, 5) is 11.8. The molecule has 23 heavy (non-hydrogen) atoms. The van der Waals surface area contributed by atoms with Gasteiger partial charge in [-0.15, -0.1) is 0 Å². The lowest BCUT2D eigenvalue weighted by molar-refractivity contribution is 0.0999. The first kappa shape index (κ1) is 17.3. The zero-order valence-corrected chi connectivity index (χ0v) is 14.2. The van der Waals surface area contributed by atoms with Gasteiger partial charge in [0.25, 0.3) is 0 Å². The molecule has 0 bridgehead atoms. The number of carbonyl (C=O) groups is 1. The fraction of sp³-hybridized carbons (Fsp3) is 0.450. The number of unbranched alkanes of at least 4 members (excludes halogenated alkanes) is 4. The van der Waals surface area contributed by atoms with E-state index in [-0.39, 0.29) is 5.91 Å². The largest absolute Gasteiger partial charge is 0.466 e. The Morgan fingerprint density at radius 3 is 2.52 bits per heavy atom. The third-order valence-electron chi connectivity index (χ3n) is 4.23. The van der Waals surface area contributed by atoms with Crippen LogP contribution in [0.4, 0.5) is 0 Å². The van der Waals surface area contributed by atoms with Crippen molar-refractivity contribution < 1.29 is 9.21 Å². The van der Waals surface area contributed by atoms with Gasteiger partial charge in [0, 0.05) is 12.0 Å². The number of nitrogens with two attached hydrogens (primary N) is 1. The molecule has 0 saturated heterocycles. The fourth-order valence-corrected chi connectivity index (χ4v) is 3.00. The van der Waals surface area contributed by atoms with Gasteiger partial charge in [0.2, 0.25) is 5.91 Å². The molecule has 0 saturated carbocycles. The molecule has 0 atom stereocenters. The third-order valence-corrected chi connectivity index (χ3v) is 4.23. The number of amides is 1. The molecule has 0 unspecified atom stereocenters.